The van der Waals surface area contributed by atoms with Crippen molar-refractivity contribution in [1.82, 2.24) is 14.8 Å². The van der Waals surface area contributed by atoms with Gasteiger partial charge in [0.05, 0.1) is 24.8 Å². The summed E-state index contributed by atoms with van der Waals surface area (Å²) in [6.45, 7) is 6.39. The number of aliphatic hydroxyl groups excluding tert-OH is 1. The molecule has 0 radical (unpaired) electrons. The number of amides is 1. The van der Waals surface area contributed by atoms with Crippen LogP contribution in [0.15, 0.2) is 48.3 Å². The minimum atomic E-state index is -0.657. The molecule has 8 heteroatoms. The van der Waals surface area contributed by atoms with E-state index in [0.717, 1.165) is 49.4 Å². The number of carbonyl (C=O) groups excluding carboxylic acids is 2. The molecule has 0 spiro atoms. The molecule has 2 atom stereocenters. The molecule has 2 aromatic rings. The van der Waals surface area contributed by atoms with Gasteiger partial charge >= 0.3 is 0 Å². The maximum absolute atomic E-state index is 13.2. The molecule has 3 aliphatic rings. The van der Waals surface area contributed by atoms with Gasteiger partial charge in [0.25, 0.3) is 11.7 Å². The van der Waals surface area contributed by atoms with Gasteiger partial charge in [0.15, 0.2) is 0 Å². The SMILES string of the molecule is CC1Cc2cc(/C(O)=C3/C(=O)C(=O)N(CCCN4CCOCC4)C3c3ccncc3)ccc2O1. The first kappa shape index (κ1) is 22.6. The lowest BCUT2D eigenvalue weighted by atomic mass is 9.95. The van der Waals surface area contributed by atoms with E-state index in [9.17, 15) is 14.7 Å². The van der Waals surface area contributed by atoms with Crippen molar-refractivity contribution < 1.29 is 24.2 Å². The zero-order valence-corrected chi connectivity index (χ0v) is 19.3. The van der Waals surface area contributed by atoms with Gasteiger partial charge in [0.1, 0.15) is 17.6 Å². The number of nitrogens with zero attached hydrogens (tertiary/aromatic N) is 3. The number of aliphatic hydroxyl groups is 1. The second-order valence-electron chi connectivity index (χ2n) is 9.04. The topological polar surface area (TPSA) is 92.2 Å². The number of ether oxygens (including phenoxy) is 2. The first-order valence-electron chi connectivity index (χ1n) is 11.8. The summed E-state index contributed by atoms with van der Waals surface area (Å²) >= 11 is 0. The van der Waals surface area contributed by atoms with Crippen LogP contribution in [0, 0.1) is 0 Å². The molecule has 1 aromatic heterocycles. The standard InChI is InChI=1S/C26H29N3O5/c1-17-15-20-16-19(3-4-21(20)34-17)24(30)22-23(18-5-7-27-8-6-18)29(26(32)25(22)31)10-2-9-28-11-13-33-14-12-28/h3-8,16-17,23,30H,2,9-15H2,1H3/b24-22-. The molecule has 178 valence electrons. The van der Waals surface area contributed by atoms with Crippen molar-refractivity contribution in [2.45, 2.75) is 31.9 Å². The smallest absolute Gasteiger partial charge is 0.295 e. The first-order chi connectivity index (χ1) is 16.5. The Labute approximate surface area is 198 Å². The van der Waals surface area contributed by atoms with Gasteiger partial charge in [-0.05, 0) is 54.8 Å². The molecule has 4 heterocycles. The molecule has 34 heavy (non-hydrogen) atoms. The Morgan fingerprint density at radius 1 is 1.12 bits per heavy atom. The van der Waals surface area contributed by atoms with Crippen LogP contribution >= 0.6 is 0 Å². The number of carbonyl (C=O) groups is 2. The molecular formula is C26H29N3O5. The number of hydrogen-bond donors (Lipinski definition) is 1. The van der Waals surface area contributed by atoms with Crippen LogP contribution in [0.25, 0.3) is 5.76 Å². The van der Waals surface area contributed by atoms with Crippen molar-refractivity contribution in [3.8, 4) is 5.75 Å². The van der Waals surface area contributed by atoms with E-state index < -0.39 is 17.7 Å². The minimum absolute atomic E-state index is 0.0706. The average molecular weight is 464 g/mol. The van der Waals surface area contributed by atoms with Gasteiger partial charge in [-0.2, -0.15) is 0 Å². The van der Waals surface area contributed by atoms with Crippen LogP contribution in [0.4, 0.5) is 0 Å². The Kier molecular flexibility index (Phi) is 6.34. The predicted octanol–water partition coefficient (Wildman–Crippen LogP) is 2.55. The third-order valence-electron chi connectivity index (χ3n) is 6.71. The van der Waals surface area contributed by atoms with E-state index in [1.807, 2.05) is 19.1 Å². The van der Waals surface area contributed by atoms with E-state index in [1.54, 1.807) is 35.5 Å². The first-order valence-corrected chi connectivity index (χ1v) is 11.8. The fraction of sp³-hybridized carbons (Fsp3) is 0.423. The van der Waals surface area contributed by atoms with Crippen LogP contribution in [-0.4, -0.2) is 77.1 Å². The second-order valence-corrected chi connectivity index (χ2v) is 9.04. The number of rotatable bonds is 6. The molecular weight excluding hydrogens is 434 g/mol. The number of ketones is 1. The number of hydrogen-bond acceptors (Lipinski definition) is 7. The van der Waals surface area contributed by atoms with E-state index in [1.165, 1.54) is 0 Å². The maximum atomic E-state index is 13.2. The molecule has 3 aliphatic heterocycles. The summed E-state index contributed by atoms with van der Waals surface area (Å²) in [5.74, 6) is -0.601. The van der Waals surface area contributed by atoms with Crippen molar-refractivity contribution in [2.24, 2.45) is 0 Å². The highest BCUT2D eigenvalue weighted by Gasteiger charge is 2.45. The molecule has 5 rings (SSSR count). The van der Waals surface area contributed by atoms with Crippen LogP contribution in [0.5, 0.6) is 5.75 Å². The minimum Gasteiger partial charge on any atom is -0.507 e. The highest BCUT2D eigenvalue weighted by Crippen LogP contribution is 2.40. The maximum Gasteiger partial charge on any atom is 0.295 e. The van der Waals surface area contributed by atoms with Crippen LogP contribution in [0.3, 0.4) is 0 Å². The van der Waals surface area contributed by atoms with E-state index in [2.05, 4.69) is 9.88 Å². The molecule has 1 amide bonds. The normalized spacial score (nSPS) is 24.3. The number of morpholine rings is 1. The van der Waals surface area contributed by atoms with Gasteiger partial charge in [0, 0.05) is 50.6 Å². The molecule has 2 saturated heterocycles. The van der Waals surface area contributed by atoms with Crippen molar-refractivity contribution in [2.75, 3.05) is 39.4 Å². The van der Waals surface area contributed by atoms with Gasteiger partial charge in [0.2, 0.25) is 0 Å². The van der Waals surface area contributed by atoms with Crippen molar-refractivity contribution in [3.63, 3.8) is 0 Å². The Morgan fingerprint density at radius 2 is 1.88 bits per heavy atom. The van der Waals surface area contributed by atoms with Gasteiger partial charge < -0.3 is 19.5 Å². The summed E-state index contributed by atoms with van der Waals surface area (Å²) in [6.07, 6.45) is 4.80. The van der Waals surface area contributed by atoms with Crippen molar-refractivity contribution in [1.29, 1.82) is 0 Å². The monoisotopic (exact) mass is 463 g/mol. The fourth-order valence-electron chi connectivity index (χ4n) is 5.02. The molecule has 0 aliphatic carbocycles. The van der Waals surface area contributed by atoms with Crippen LogP contribution in [0.2, 0.25) is 0 Å². The quantitative estimate of drug-likeness (QED) is 0.400. The summed E-state index contributed by atoms with van der Waals surface area (Å²) in [5.41, 5.74) is 2.37. The van der Waals surface area contributed by atoms with Gasteiger partial charge in [-0.3, -0.25) is 19.5 Å². The number of pyridine rings is 1. The summed E-state index contributed by atoms with van der Waals surface area (Å²) in [4.78, 5) is 34.3. The lowest BCUT2D eigenvalue weighted by molar-refractivity contribution is -0.140. The van der Waals surface area contributed by atoms with E-state index >= 15 is 0 Å². The van der Waals surface area contributed by atoms with Crippen molar-refractivity contribution >= 4 is 17.4 Å². The third kappa shape index (κ3) is 4.31. The molecule has 8 nitrogen and oxygen atoms in total. The zero-order chi connectivity index (χ0) is 23.7. The number of likely N-dealkylation sites (tertiary alicyclic amines) is 1. The Balaban J connectivity index is 1.46. The fourth-order valence-corrected chi connectivity index (χ4v) is 5.02. The van der Waals surface area contributed by atoms with Crippen LogP contribution in [0.1, 0.15) is 36.1 Å². The van der Waals surface area contributed by atoms with Gasteiger partial charge in [-0.25, -0.2) is 0 Å². The average Bonchev–Trinajstić information content (AvgIpc) is 3.35. The van der Waals surface area contributed by atoms with Gasteiger partial charge in [-0.15, -0.1) is 0 Å². The van der Waals surface area contributed by atoms with E-state index in [-0.39, 0.29) is 17.4 Å². The summed E-state index contributed by atoms with van der Waals surface area (Å²) < 4.78 is 11.2. The Bertz CT molecular complexity index is 1110. The molecule has 0 bridgehead atoms. The summed E-state index contributed by atoms with van der Waals surface area (Å²) in [7, 11) is 0. The summed E-state index contributed by atoms with van der Waals surface area (Å²) in [6, 6.07) is 8.32. The Morgan fingerprint density at radius 3 is 2.65 bits per heavy atom. The summed E-state index contributed by atoms with van der Waals surface area (Å²) in [5, 5.41) is 11.3. The van der Waals surface area contributed by atoms with Gasteiger partial charge in [-0.1, -0.05) is 0 Å². The van der Waals surface area contributed by atoms with Crippen LogP contribution in [-0.2, 0) is 20.7 Å². The van der Waals surface area contributed by atoms with E-state index in [4.69, 9.17) is 9.47 Å². The van der Waals surface area contributed by atoms with Crippen molar-refractivity contribution in [3.05, 3.63) is 65.0 Å². The molecule has 2 unspecified atom stereocenters. The second kappa shape index (κ2) is 9.56. The third-order valence-corrected chi connectivity index (χ3v) is 6.71. The van der Waals surface area contributed by atoms with Crippen LogP contribution < -0.4 is 4.74 Å². The highest BCUT2D eigenvalue weighted by atomic mass is 16.5. The Hall–Kier alpha value is -3.23. The predicted molar refractivity (Wildman–Crippen MR) is 125 cm³/mol. The zero-order valence-electron chi connectivity index (χ0n) is 19.3. The molecule has 1 N–H and O–H groups in total. The highest BCUT2D eigenvalue weighted by molar-refractivity contribution is 6.46. The molecule has 0 saturated carbocycles. The number of aromatic nitrogens is 1. The van der Waals surface area contributed by atoms with E-state index in [0.29, 0.717) is 25.3 Å². The lowest BCUT2D eigenvalue weighted by Crippen LogP contribution is -2.38. The lowest BCUT2D eigenvalue weighted by Gasteiger charge is -2.29. The largest absolute Gasteiger partial charge is 0.507 e. The number of benzene rings is 1. The molecule has 2 fully saturated rings. The number of fused-ring (bicyclic) bond motifs is 1. The number of Topliss-reactive ketones (excluding diaryl/α,β-unsaturated/α-hetero) is 1. The molecule has 1 aromatic carbocycles.